The van der Waals surface area contributed by atoms with Gasteiger partial charge in [0.2, 0.25) is 5.13 Å². The summed E-state index contributed by atoms with van der Waals surface area (Å²) in [4.78, 5) is 12.4. The van der Waals surface area contributed by atoms with Crippen molar-refractivity contribution in [3.05, 3.63) is 40.4 Å². The third-order valence-electron chi connectivity index (χ3n) is 4.19. The zero-order valence-electron chi connectivity index (χ0n) is 15.7. The van der Waals surface area contributed by atoms with E-state index in [2.05, 4.69) is 22.4 Å². The standard InChI is InChI=1S/C20H22N4O3S/c1-2-3-10-26-16-8-6-14(7-9-16)12-15(13-21)18(25)22-20-24-23-19(28-20)17-5-4-11-27-17/h6-9,12,17H,2-5,10-11H2,1H3,(H,22,24,25). The highest BCUT2D eigenvalue weighted by Gasteiger charge is 2.22. The molecule has 2 heterocycles. The van der Waals surface area contributed by atoms with E-state index in [9.17, 15) is 10.1 Å². The monoisotopic (exact) mass is 398 g/mol. The smallest absolute Gasteiger partial charge is 0.268 e. The summed E-state index contributed by atoms with van der Waals surface area (Å²) in [5.74, 6) is 0.255. The summed E-state index contributed by atoms with van der Waals surface area (Å²) >= 11 is 1.27. The second-order valence-corrected chi connectivity index (χ2v) is 7.35. The molecular weight excluding hydrogens is 376 g/mol. The maximum atomic E-state index is 12.4. The number of hydrogen-bond acceptors (Lipinski definition) is 7. The van der Waals surface area contributed by atoms with Crippen LogP contribution in [0.3, 0.4) is 0 Å². The summed E-state index contributed by atoms with van der Waals surface area (Å²) in [5.41, 5.74) is 0.736. The Bertz CT molecular complexity index is 864. The number of ether oxygens (including phenoxy) is 2. The minimum atomic E-state index is -0.513. The molecule has 1 atom stereocenters. The molecule has 146 valence electrons. The Morgan fingerprint density at radius 3 is 2.93 bits per heavy atom. The number of amides is 1. The average Bonchev–Trinajstić information content (AvgIpc) is 3.39. The van der Waals surface area contributed by atoms with Gasteiger partial charge in [-0.25, -0.2) is 0 Å². The molecule has 0 spiro atoms. The van der Waals surface area contributed by atoms with E-state index < -0.39 is 5.91 Å². The zero-order chi connectivity index (χ0) is 19.8. The molecule has 8 heteroatoms. The number of carbonyl (C=O) groups excluding carboxylic acids is 1. The van der Waals surface area contributed by atoms with Crippen LogP contribution in [0.2, 0.25) is 0 Å². The van der Waals surface area contributed by atoms with E-state index in [0.29, 0.717) is 11.7 Å². The zero-order valence-corrected chi connectivity index (χ0v) is 16.5. The molecule has 28 heavy (non-hydrogen) atoms. The molecule has 0 bridgehead atoms. The normalized spacial score (nSPS) is 16.6. The Labute approximate surface area is 168 Å². The number of aromatic nitrogens is 2. The Kier molecular flexibility index (Phi) is 7.12. The second-order valence-electron chi connectivity index (χ2n) is 6.34. The first-order chi connectivity index (χ1) is 13.7. The summed E-state index contributed by atoms with van der Waals surface area (Å²) in [6.45, 7) is 3.50. The SMILES string of the molecule is CCCCOc1ccc(C=C(C#N)C(=O)Nc2nnc(C3CCCO3)s2)cc1. The number of carbonyl (C=O) groups is 1. The van der Waals surface area contributed by atoms with Gasteiger partial charge in [-0.1, -0.05) is 36.8 Å². The van der Waals surface area contributed by atoms with Crippen LogP contribution in [0.5, 0.6) is 5.75 Å². The Hall–Kier alpha value is -2.76. The van der Waals surface area contributed by atoms with Crippen molar-refractivity contribution in [2.75, 3.05) is 18.5 Å². The fraction of sp³-hybridized carbons (Fsp3) is 0.400. The number of anilines is 1. The first kappa shape index (κ1) is 20.0. The van der Waals surface area contributed by atoms with Crippen LogP contribution in [0.25, 0.3) is 6.08 Å². The molecule has 1 unspecified atom stereocenters. The van der Waals surface area contributed by atoms with Crippen LogP contribution in [-0.4, -0.2) is 29.3 Å². The first-order valence-corrected chi connectivity index (χ1v) is 10.1. The van der Waals surface area contributed by atoms with Gasteiger partial charge < -0.3 is 9.47 Å². The van der Waals surface area contributed by atoms with Crippen LogP contribution < -0.4 is 10.1 Å². The molecule has 1 amide bonds. The maximum absolute atomic E-state index is 12.4. The van der Waals surface area contributed by atoms with Crippen LogP contribution in [0, 0.1) is 11.3 Å². The fourth-order valence-corrected chi connectivity index (χ4v) is 3.48. The number of hydrogen-bond donors (Lipinski definition) is 1. The molecule has 1 saturated heterocycles. The molecule has 1 aliphatic rings. The number of nitriles is 1. The van der Waals surface area contributed by atoms with Crippen molar-refractivity contribution in [2.45, 2.75) is 38.7 Å². The Balaban J connectivity index is 1.62. The lowest BCUT2D eigenvalue weighted by molar-refractivity contribution is -0.112. The van der Waals surface area contributed by atoms with Gasteiger partial charge in [0.05, 0.1) is 6.61 Å². The van der Waals surface area contributed by atoms with Gasteiger partial charge >= 0.3 is 0 Å². The van der Waals surface area contributed by atoms with E-state index >= 15 is 0 Å². The Morgan fingerprint density at radius 1 is 1.43 bits per heavy atom. The predicted octanol–water partition coefficient (Wildman–Crippen LogP) is 4.11. The number of unbranched alkanes of at least 4 members (excludes halogenated alkanes) is 1. The number of nitrogens with one attached hydrogen (secondary N) is 1. The molecule has 1 aromatic heterocycles. The molecule has 7 nitrogen and oxygen atoms in total. The van der Waals surface area contributed by atoms with Crippen molar-refractivity contribution in [1.82, 2.24) is 10.2 Å². The van der Waals surface area contributed by atoms with E-state index in [4.69, 9.17) is 9.47 Å². The minimum Gasteiger partial charge on any atom is -0.494 e. The van der Waals surface area contributed by atoms with Gasteiger partial charge in [0.1, 0.15) is 28.5 Å². The van der Waals surface area contributed by atoms with E-state index in [0.717, 1.165) is 48.6 Å². The lowest BCUT2D eigenvalue weighted by Gasteiger charge is -2.05. The molecule has 1 fully saturated rings. The molecule has 2 aromatic rings. The van der Waals surface area contributed by atoms with Crippen molar-refractivity contribution in [2.24, 2.45) is 0 Å². The average molecular weight is 398 g/mol. The molecule has 1 aliphatic heterocycles. The third kappa shape index (κ3) is 5.38. The van der Waals surface area contributed by atoms with Crippen LogP contribution in [0.15, 0.2) is 29.8 Å². The quantitative estimate of drug-likeness (QED) is 0.408. The predicted molar refractivity (Wildman–Crippen MR) is 107 cm³/mol. The summed E-state index contributed by atoms with van der Waals surface area (Å²) in [6, 6.07) is 9.22. The van der Waals surface area contributed by atoms with Gasteiger partial charge in [0.25, 0.3) is 5.91 Å². The highest BCUT2D eigenvalue weighted by atomic mass is 32.1. The lowest BCUT2D eigenvalue weighted by Crippen LogP contribution is -2.13. The summed E-state index contributed by atoms with van der Waals surface area (Å²) in [7, 11) is 0. The van der Waals surface area contributed by atoms with Gasteiger partial charge in [-0.3, -0.25) is 10.1 Å². The highest BCUT2D eigenvalue weighted by molar-refractivity contribution is 7.15. The largest absolute Gasteiger partial charge is 0.494 e. The van der Waals surface area contributed by atoms with Gasteiger partial charge in [-0.05, 0) is 43.0 Å². The summed E-state index contributed by atoms with van der Waals surface area (Å²) in [6.07, 6.45) is 5.46. The fourth-order valence-electron chi connectivity index (χ4n) is 2.66. The highest BCUT2D eigenvalue weighted by Crippen LogP contribution is 2.32. The van der Waals surface area contributed by atoms with E-state index in [1.807, 2.05) is 30.3 Å². The molecule has 0 radical (unpaired) electrons. The van der Waals surface area contributed by atoms with Crippen LogP contribution in [0.4, 0.5) is 5.13 Å². The third-order valence-corrected chi connectivity index (χ3v) is 5.12. The number of rotatable bonds is 8. The van der Waals surface area contributed by atoms with Crippen molar-refractivity contribution in [3.8, 4) is 11.8 Å². The maximum Gasteiger partial charge on any atom is 0.268 e. The van der Waals surface area contributed by atoms with Gasteiger partial charge in [-0.2, -0.15) is 5.26 Å². The van der Waals surface area contributed by atoms with E-state index in [1.165, 1.54) is 17.4 Å². The minimum absolute atomic E-state index is 0.00600. The van der Waals surface area contributed by atoms with Crippen LogP contribution in [0.1, 0.15) is 49.3 Å². The van der Waals surface area contributed by atoms with E-state index in [1.54, 1.807) is 0 Å². The first-order valence-electron chi connectivity index (χ1n) is 9.30. The summed E-state index contributed by atoms with van der Waals surface area (Å²) in [5, 5.41) is 21.1. The van der Waals surface area contributed by atoms with Crippen molar-refractivity contribution in [3.63, 3.8) is 0 Å². The van der Waals surface area contributed by atoms with Crippen molar-refractivity contribution >= 4 is 28.5 Å². The van der Waals surface area contributed by atoms with Crippen LogP contribution >= 0.6 is 11.3 Å². The Morgan fingerprint density at radius 2 is 2.25 bits per heavy atom. The van der Waals surface area contributed by atoms with Crippen molar-refractivity contribution < 1.29 is 14.3 Å². The topological polar surface area (TPSA) is 97.1 Å². The lowest BCUT2D eigenvalue weighted by atomic mass is 10.1. The van der Waals surface area contributed by atoms with E-state index in [-0.39, 0.29) is 11.7 Å². The summed E-state index contributed by atoms with van der Waals surface area (Å²) < 4.78 is 11.2. The molecule has 1 aromatic carbocycles. The van der Waals surface area contributed by atoms with Gasteiger partial charge in [-0.15, -0.1) is 10.2 Å². The molecule has 0 saturated carbocycles. The number of nitrogens with zero attached hydrogens (tertiary/aromatic N) is 3. The van der Waals surface area contributed by atoms with Gasteiger partial charge in [0, 0.05) is 6.61 Å². The molecule has 1 N–H and O–H groups in total. The molecule has 3 rings (SSSR count). The second kappa shape index (κ2) is 9.97. The van der Waals surface area contributed by atoms with Crippen molar-refractivity contribution in [1.29, 1.82) is 5.26 Å². The van der Waals surface area contributed by atoms with Crippen LogP contribution in [-0.2, 0) is 9.53 Å². The molecule has 0 aliphatic carbocycles. The number of benzene rings is 1. The van der Waals surface area contributed by atoms with Gasteiger partial charge in [0.15, 0.2) is 0 Å². The molecular formula is C20H22N4O3S.